The van der Waals surface area contributed by atoms with Crippen LogP contribution in [0.4, 0.5) is 11.4 Å². The molecule has 0 bridgehead atoms. The van der Waals surface area contributed by atoms with E-state index in [0.717, 1.165) is 22.3 Å². The maximum atomic E-state index is 12.8. The van der Waals surface area contributed by atoms with Gasteiger partial charge in [0.25, 0.3) is 5.56 Å². The van der Waals surface area contributed by atoms with Crippen molar-refractivity contribution < 1.29 is 4.74 Å². The molecule has 0 aliphatic heterocycles. The Bertz CT molecular complexity index is 1240. The van der Waals surface area contributed by atoms with Gasteiger partial charge in [-0.1, -0.05) is 38.1 Å². The summed E-state index contributed by atoms with van der Waals surface area (Å²) < 4.78 is 5.43. The maximum absolute atomic E-state index is 12.8. The lowest BCUT2D eigenvalue weighted by molar-refractivity contribution is 0.417. The number of nitrogens with zero attached hydrogens (tertiary/aromatic N) is 1. The van der Waals surface area contributed by atoms with Crippen LogP contribution >= 0.6 is 0 Å². The first-order valence-corrected chi connectivity index (χ1v) is 9.61. The van der Waals surface area contributed by atoms with Crippen molar-refractivity contribution in [2.45, 2.75) is 26.7 Å². The summed E-state index contributed by atoms with van der Waals surface area (Å²) in [5, 5.41) is 3.32. The summed E-state index contributed by atoms with van der Waals surface area (Å²) >= 11 is 0. The van der Waals surface area contributed by atoms with Crippen LogP contribution in [-0.4, -0.2) is 22.1 Å². The van der Waals surface area contributed by atoms with Crippen molar-refractivity contribution in [3.05, 3.63) is 70.1 Å². The lowest BCUT2D eigenvalue weighted by Crippen LogP contribution is -2.11. The molecule has 0 unspecified atom stereocenters. The number of fused-ring (bicyclic) bond motifs is 1. The summed E-state index contributed by atoms with van der Waals surface area (Å²) in [5.74, 6) is 1.57. The fourth-order valence-electron chi connectivity index (χ4n) is 3.55. The topological polar surface area (TPSA) is 82.8 Å². The van der Waals surface area contributed by atoms with E-state index in [-0.39, 0.29) is 5.56 Å². The second-order valence-corrected chi connectivity index (χ2v) is 7.36. The lowest BCUT2D eigenvalue weighted by Gasteiger charge is -2.13. The van der Waals surface area contributed by atoms with Crippen LogP contribution in [0.15, 0.2) is 53.5 Å². The van der Waals surface area contributed by atoms with E-state index in [4.69, 9.17) is 9.72 Å². The van der Waals surface area contributed by atoms with Gasteiger partial charge in [0, 0.05) is 6.20 Å². The monoisotopic (exact) mass is 388 g/mol. The molecular weight excluding hydrogens is 364 g/mol. The third-order valence-electron chi connectivity index (χ3n) is 5.07. The zero-order valence-corrected chi connectivity index (χ0v) is 17.0. The Morgan fingerprint density at radius 2 is 1.86 bits per heavy atom. The van der Waals surface area contributed by atoms with Crippen LogP contribution in [0.5, 0.6) is 5.75 Å². The van der Waals surface area contributed by atoms with E-state index in [1.54, 1.807) is 13.3 Å². The second kappa shape index (κ2) is 7.47. The number of hydrogen-bond acceptors (Lipinski definition) is 4. The van der Waals surface area contributed by atoms with Gasteiger partial charge in [0.1, 0.15) is 17.1 Å². The molecule has 0 aliphatic carbocycles. The molecule has 0 radical (unpaired) electrons. The average Bonchev–Trinajstić information content (AvgIpc) is 3.14. The van der Waals surface area contributed by atoms with E-state index in [0.29, 0.717) is 28.7 Å². The third kappa shape index (κ3) is 3.38. The summed E-state index contributed by atoms with van der Waals surface area (Å²) in [5.41, 5.74) is 5.78. The van der Waals surface area contributed by atoms with Gasteiger partial charge in [-0.15, -0.1) is 0 Å². The summed E-state index contributed by atoms with van der Waals surface area (Å²) in [6.45, 7) is 6.32. The minimum atomic E-state index is -0.215. The Hall–Kier alpha value is -3.54. The van der Waals surface area contributed by atoms with Gasteiger partial charge in [-0.05, 0) is 42.2 Å². The molecule has 0 aliphatic rings. The molecule has 6 heteroatoms. The van der Waals surface area contributed by atoms with Crippen LogP contribution < -0.4 is 15.6 Å². The standard InChI is InChI=1S/C23H24N4O2/c1-13(2)15-10-9-14(3)20-21(15)27-22(26-20)19-17(11-12-24-23(19)28)25-16-7-5-6-8-18(16)29-4/h5-13H,1-4H3,(H,26,27)(H2,24,25,28). The van der Waals surface area contributed by atoms with Gasteiger partial charge in [-0.2, -0.15) is 0 Å². The summed E-state index contributed by atoms with van der Waals surface area (Å²) in [7, 11) is 1.62. The SMILES string of the molecule is COc1ccccc1Nc1cc[nH]c(=O)c1-c1nc2c(C)ccc(C(C)C)c2[nH]1. The highest BCUT2D eigenvalue weighted by atomic mass is 16.5. The van der Waals surface area contributed by atoms with E-state index in [9.17, 15) is 4.79 Å². The Morgan fingerprint density at radius 1 is 1.07 bits per heavy atom. The van der Waals surface area contributed by atoms with Crippen LogP contribution in [0.1, 0.15) is 30.9 Å². The minimum absolute atomic E-state index is 0.215. The number of rotatable bonds is 5. The van der Waals surface area contributed by atoms with E-state index in [1.165, 1.54) is 5.56 Å². The van der Waals surface area contributed by atoms with Gasteiger partial charge < -0.3 is 20.0 Å². The molecule has 2 aromatic carbocycles. The van der Waals surface area contributed by atoms with Gasteiger partial charge >= 0.3 is 0 Å². The van der Waals surface area contributed by atoms with Crippen molar-refractivity contribution in [1.82, 2.24) is 15.0 Å². The van der Waals surface area contributed by atoms with Crippen LogP contribution in [0.3, 0.4) is 0 Å². The Kier molecular flexibility index (Phi) is 4.84. The third-order valence-corrected chi connectivity index (χ3v) is 5.07. The number of methoxy groups -OCH3 is 1. The zero-order valence-electron chi connectivity index (χ0n) is 17.0. The first-order chi connectivity index (χ1) is 14.0. The molecule has 2 heterocycles. The van der Waals surface area contributed by atoms with Crippen molar-refractivity contribution >= 4 is 22.4 Å². The Labute approximate surface area is 169 Å². The summed E-state index contributed by atoms with van der Waals surface area (Å²) in [6, 6.07) is 13.6. The molecule has 3 N–H and O–H groups in total. The quantitative estimate of drug-likeness (QED) is 0.444. The largest absolute Gasteiger partial charge is 0.495 e. The van der Waals surface area contributed by atoms with Crippen molar-refractivity contribution in [2.75, 3.05) is 12.4 Å². The van der Waals surface area contributed by atoms with Gasteiger partial charge in [-0.25, -0.2) is 4.98 Å². The number of aryl methyl sites for hydroxylation is 1. The molecule has 6 nitrogen and oxygen atoms in total. The molecular formula is C23H24N4O2. The van der Waals surface area contributed by atoms with Gasteiger partial charge in [0.15, 0.2) is 0 Å². The zero-order chi connectivity index (χ0) is 20.5. The van der Waals surface area contributed by atoms with Crippen LogP contribution in [0.2, 0.25) is 0 Å². The fourth-order valence-corrected chi connectivity index (χ4v) is 3.55. The smallest absolute Gasteiger partial charge is 0.261 e. The number of aromatic nitrogens is 3. The number of imidazole rings is 1. The molecule has 2 aromatic heterocycles. The Morgan fingerprint density at radius 3 is 2.62 bits per heavy atom. The molecule has 29 heavy (non-hydrogen) atoms. The van der Waals surface area contributed by atoms with Crippen LogP contribution in [0, 0.1) is 6.92 Å². The molecule has 0 amide bonds. The van der Waals surface area contributed by atoms with E-state index in [1.807, 2.05) is 37.3 Å². The number of anilines is 2. The molecule has 0 saturated carbocycles. The number of nitrogens with one attached hydrogen (secondary N) is 3. The molecule has 0 fully saturated rings. The maximum Gasteiger partial charge on any atom is 0.261 e. The molecule has 0 spiro atoms. The number of hydrogen-bond donors (Lipinski definition) is 3. The highest BCUT2D eigenvalue weighted by Gasteiger charge is 2.18. The molecule has 0 atom stereocenters. The van der Waals surface area contributed by atoms with Gasteiger partial charge in [0.05, 0.1) is 29.5 Å². The van der Waals surface area contributed by atoms with Crippen molar-refractivity contribution in [3.8, 4) is 17.1 Å². The number of para-hydroxylation sites is 2. The number of aromatic amines is 2. The van der Waals surface area contributed by atoms with Crippen LogP contribution in [0.25, 0.3) is 22.4 Å². The highest BCUT2D eigenvalue weighted by molar-refractivity contribution is 5.88. The van der Waals surface area contributed by atoms with Gasteiger partial charge in [0.2, 0.25) is 0 Å². The van der Waals surface area contributed by atoms with Crippen molar-refractivity contribution in [1.29, 1.82) is 0 Å². The average molecular weight is 388 g/mol. The number of H-pyrrole nitrogens is 2. The molecule has 0 saturated heterocycles. The summed E-state index contributed by atoms with van der Waals surface area (Å²) in [4.78, 5) is 23.7. The lowest BCUT2D eigenvalue weighted by atomic mass is 10.00. The first-order valence-electron chi connectivity index (χ1n) is 9.61. The van der Waals surface area contributed by atoms with E-state index < -0.39 is 0 Å². The first kappa shape index (κ1) is 18.8. The highest BCUT2D eigenvalue weighted by Crippen LogP contribution is 2.33. The second-order valence-electron chi connectivity index (χ2n) is 7.36. The Balaban J connectivity index is 1.89. The normalized spacial score (nSPS) is 11.2. The van der Waals surface area contributed by atoms with Gasteiger partial charge in [-0.3, -0.25) is 4.79 Å². The molecule has 4 rings (SSSR count). The number of ether oxygens (including phenoxy) is 1. The number of benzene rings is 2. The molecule has 4 aromatic rings. The fraction of sp³-hybridized carbons (Fsp3) is 0.217. The van der Waals surface area contributed by atoms with E-state index in [2.05, 4.69) is 41.3 Å². The van der Waals surface area contributed by atoms with Crippen molar-refractivity contribution in [3.63, 3.8) is 0 Å². The van der Waals surface area contributed by atoms with Crippen molar-refractivity contribution in [2.24, 2.45) is 0 Å². The predicted molar refractivity (Wildman–Crippen MR) is 117 cm³/mol. The van der Waals surface area contributed by atoms with E-state index >= 15 is 0 Å². The number of pyridine rings is 1. The molecule has 148 valence electrons. The predicted octanol–water partition coefficient (Wildman–Crippen LogP) is 5.10. The summed E-state index contributed by atoms with van der Waals surface area (Å²) in [6.07, 6.45) is 1.62. The van der Waals surface area contributed by atoms with Crippen LogP contribution in [-0.2, 0) is 0 Å². The minimum Gasteiger partial charge on any atom is -0.495 e.